The molecule has 0 aromatic heterocycles. The van der Waals surface area contributed by atoms with Gasteiger partial charge in [0.1, 0.15) is 0 Å². The number of amides is 1. The average molecular weight is 346 g/mol. The summed E-state index contributed by atoms with van der Waals surface area (Å²) in [6.07, 6.45) is 5.69. The number of carbonyl (C=O) groups is 1. The highest BCUT2D eigenvalue weighted by atomic mass is 16.2. The second-order valence-corrected chi connectivity index (χ2v) is 7.17. The highest BCUT2D eigenvalue weighted by Crippen LogP contribution is 2.49. The molecule has 1 aliphatic carbocycles. The third kappa shape index (κ3) is 2.82. The van der Waals surface area contributed by atoms with Crippen molar-refractivity contribution >= 4 is 11.6 Å². The van der Waals surface area contributed by atoms with Gasteiger partial charge in [0.05, 0.1) is 6.04 Å². The van der Waals surface area contributed by atoms with E-state index in [1.54, 1.807) is 0 Å². The van der Waals surface area contributed by atoms with Gasteiger partial charge in [0, 0.05) is 30.3 Å². The first-order valence-corrected chi connectivity index (χ1v) is 9.64. The monoisotopic (exact) mass is 346 g/mol. The van der Waals surface area contributed by atoms with Crippen LogP contribution in [-0.4, -0.2) is 23.9 Å². The van der Waals surface area contributed by atoms with Crippen LogP contribution in [0.15, 0.2) is 60.7 Å². The molecule has 3 unspecified atom stereocenters. The highest BCUT2D eigenvalue weighted by Gasteiger charge is 2.38. The number of carbonyl (C=O) groups excluding carboxylic acids is 1. The molecule has 134 valence electrons. The summed E-state index contributed by atoms with van der Waals surface area (Å²) in [6, 6.07) is 17.2. The first kappa shape index (κ1) is 16.9. The minimum absolute atomic E-state index is 0.126. The van der Waals surface area contributed by atoms with Crippen molar-refractivity contribution in [3.63, 3.8) is 0 Å². The van der Waals surface area contributed by atoms with Gasteiger partial charge < -0.3 is 10.2 Å². The Morgan fingerprint density at radius 1 is 1.12 bits per heavy atom. The molecule has 0 fully saturated rings. The van der Waals surface area contributed by atoms with E-state index < -0.39 is 0 Å². The standard InChI is InChI=1S/C23H26N2O/c1-3-25(4-2)23(26)17-13-14-21-20(15-17)18-11-8-12-19(18)22(24-21)16-9-6-5-7-10-16/h5-11,13-15,18-19,22,24H,3-4,12H2,1-2H3. The van der Waals surface area contributed by atoms with E-state index in [0.29, 0.717) is 17.9 Å². The molecule has 0 bridgehead atoms. The van der Waals surface area contributed by atoms with Crippen LogP contribution in [0.1, 0.15) is 53.7 Å². The van der Waals surface area contributed by atoms with Crippen LogP contribution < -0.4 is 5.32 Å². The van der Waals surface area contributed by atoms with Crippen molar-refractivity contribution < 1.29 is 4.79 Å². The zero-order chi connectivity index (χ0) is 18.1. The molecular formula is C23H26N2O. The van der Waals surface area contributed by atoms with E-state index in [1.807, 2.05) is 24.8 Å². The Balaban J connectivity index is 1.70. The largest absolute Gasteiger partial charge is 0.378 e. The zero-order valence-corrected chi connectivity index (χ0v) is 15.5. The summed E-state index contributed by atoms with van der Waals surface area (Å²) in [5.41, 5.74) is 4.54. The molecule has 2 aliphatic rings. The fourth-order valence-corrected chi connectivity index (χ4v) is 4.41. The molecule has 0 radical (unpaired) electrons. The van der Waals surface area contributed by atoms with Crippen molar-refractivity contribution in [1.82, 2.24) is 4.90 Å². The maximum atomic E-state index is 12.8. The summed E-state index contributed by atoms with van der Waals surface area (Å²) in [5.74, 6) is 1.01. The number of rotatable bonds is 4. The van der Waals surface area contributed by atoms with Crippen molar-refractivity contribution in [2.75, 3.05) is 18.4 Å². The fourth-order valence-electron chi connectivity index (χ4n) is 4.41. The molecular weight excluding hydrogens is 320 g/mol. The minimum Gasteiger partial charge on any atom is -0.378 e. The first-order chi connectivity index (χ1) is 12.7. The van der Waals surface area contributed by atoms with Crippen LogP contribution in [0.4, 0.5) is 5.69 Å². The molecule has 1 amide bonds. The number of fused-ring (bicyclic) bond motifs is 3. The van der Waals surface area contributed by atoms with Crippen molar-refractivity contribution in [1.29, 1.82) is 0 Å². The van der Waals surface area contributed by atoms with Gasteiger partial charge in [-0.25, -0.2) is 0 Å². The van der Waals surface area contributed by atoms with Crippen molar-refractivity contribution in [3.8, 4) is 0 Å². The van der Waals surface area contributed by atoms with Crippen molar-refractivity contribution in [2.24, 2.45) is 5.92 Å². The van der Waals surface area contributed by atoms with E-state index in [-0.39, 0.29) is 5.91 Å². The summed E-state index contributed by atoms with van der Waals surface area (Å²) < 4.78 is 0. The lowest BCUT2D eigenvalue weighted by Gasteiger charge is -2.37. The van der Waals surface area contributed by atoms with Crippen molar-refractivity contribution in [3.05, 3.63) is 77.4 Å². The normalized spacial score (nSPS) is 23.1. The smallest absolute Gasteiger partial charge is 0.253 e. The van der Waals surface area contributed by atoms with Crippen LogP contribution in [-0.2, 0) is 0 Å². The Hall–Kier alpha value is -2.55. The predicted octanol–water partition coefficient (Wildman–Crippen LogP) is 5.00. The van der Waals surface area contributed by atoms with E-state index in [9.17, 15) is 4.79 Å². The summed E-state index contributed by atoms with van der Waals surface area (Å²) >= 11 is 0. The predicted molar refractivity (Wildman–Crippen MR) is 106 cm³/mol. The van der Waals surface area contributed by atoms with Gasteiger partial charge in [0.25, 0.3) is 5.91 Å². The Kier molecular flexibility index (Phi) is 4.54. The maximum absolute atomic E-state index is 12.8. The molecule has 2 aromatic rings. The lowest BCUT2D eigenvalue weighted by Crippen LogP contribution is -2.32. The van der Waals surface area contributed by atoms with Crippen LogP contribution in [0.3, 0.4) is 0 Å². The zero-order valence-electron chi connectivity index (χ0n) is 15.5. The summed E-state index contributed by atoms with van der Waals surface area (Å²) in [4.78, 5) is 14.6. The van der Waals surface area contributed by atoms with Gasteiger partial charge in [-0.05, 0) is 55.5 Å². The van der Waals surface area contributed by atoms with Gasteiger partial charge in [-0.2, -0.15) is 0 Å². The molecule has 0 saturated carbocycles. The van der Waals surface area contributed by atoms with Gasteiger partial charge in [0.2, 0.25) is 0 Å². The summed E-state index contributed by atoms with van der Waals surface area (Å²) in [7, 11) is 0. The molecule has 0 spiro atoms. The molecule has 1 aliphatic heterocycles. The molecule has 0 saturated heterocycles. The van der Waals surface area contributed by atoms with Crippen molar-refractivity contribution in [2.45, 2.75) is 32.2 Å². The third-order valence-electron chi connectivity index (χ3n) is 5.82. The van der Waals surface area contributed by atoms with Crippen LogP contribution in [0.5, 0.6) is 0 Å². The summed E-state index contributed by atoms with van der Waals surface area (Å²) in [6.45, 7) is 5.54. The van der Waals surface area contributed by atoms with Gasteiger partial charge in [-0.15, -0.1) is 0 Å². The van der Waals surface area contributed by atoms with E-state index in [2.05, 4.69) is 59.9 Å². The highest BCUT2D eigenvalue weighted by molar-refractivity contribution is 5.95. The molecule has 3 nitrogen and oxygen atoms in total. The maximum Gasteiger partial charge on any atom is 0.253 e. The quantitative estimate of drug-likeness (QED) is 0.791. The number of nitrogens with one attached hydrogen (secondary N) is 1. The number of nitrogens with zero attached hydrogens (tertiary/aromatic N) is 1. The Labute approximate surface area is 155 Å². The van der Waals surface area contributed by atoms with Crippen LogP contribution in [0.2, 0.25) is 0 Å². The SMILES string of the molecule is CCN(CC)C(=O)c1ccc2c(c1)C1C=CCC1C(c1ccccc1)N2. The topological polar surface area (TPSA) is 32.3 Å². The number of hydrogen-bond acceptors (Lipinski definition) is 2. The molecule has 2 aromatic carbocycles. The van der Waals surface area contributed by atoms with Gasteiger partial charge in [-0.3, -0.25) is 4.79 Å². The lowest BCUT2D eigenvalue weighted by atomic mass is 9.76. The number of allylic oxidation sites excluding steroid dienone is 2. The van der Waals surface area contributed by atoms with Gasteiger partial charge in [0.15, 0.2) is 0 Å². The molecule has 4 rings (SSSR count). The van der Waals surface area contributed by atoms with E-state index in [1.165, 1.54) is 11.1 Å². The van der Waals surface area contributed by atoms with Gasteiger partial charge in [-0.1, -0.05) is 42.5 Å². The third-order valence-corrected chi connectivity index (χ3v) is 5.82. The second kappa shape index (κ2) is 6.99. The molecule has 1 N–H and O–H groups in total. The Morgan fingerprint density at radius 3 is 2.62 bits per heavy atom. The fraction of sp³-hybridized carbons (Fsp3) is 0.348. The lowest BCUT2D eigenvalue weighted by molar-refractivity contribution is 0.0773. The van der Waals surface area contributed by atoms with Crippen LogP contribution in [0, 0.1) is 5.92 Å². The Morgan fingerprint density at radius 2 is 1.88 bits per heavy atom. The van der Waals surface area contributed by atoms with E-state index in [4.69, 9.17) is 0 Å². The molecule has 1 heterocycles. The average Bonchev–Trinajstić information content (AvgIpc) is 3.18. The van der Waals surface area contributed by atoms with Gasteiger partial charge >= 0.3 is 0 Å². The van der Waals surface area contributed by atoms with E-state index in [0.717, 1.165) is 30.8 Å². The molecule has 26 heavy (non-hydrogen) atoms. The molecule has 3 heteroatoms. The van der Waals surface area contributed by atoms with E-state index >= 15 is 0 Å². The minimum atomic E-state index is 0.126. The number of anilines is 1. The first-order valence-electron chi connectivity index (χ1n) is 9.64. The van der Waals surface area contributed by atoms with Crippen LogP contribution in [0.25, 0.3) is 0 Å². The second-order valence-electron chi connectivity index (χ2n) is 7.17. The summed E-state index contributed by atoms with van der Waals surface area (Å²) in [5, 5.41) is 3.74. The Bertz CT molecular complexity index is 823. The number of hydrogen-bond donors (Lipinski definition) is 1. The number of benzene rings is 2. The van der Waals surface area contributed by atoms with Crippen LogP contribution >= 0.6 is 0 Å². The molecule has 3 atom stereocenters.